The molecule has 0 radical (unpaired) electrons. The van der Waals surface area contributed by atoms with E-state index >= 15 is 0 Å². The van der Waals surface area contributed by atoms with Gasteiger partial charge in [-0.05, 0) is 5.41 Å². The highest BCUT2D eigenvalue weighted by atomic mass is 32.2. The smallest absolute Gasteiger partial charge is 0.326 e. The summed E-state index contributed by atoms with van der Waals surface area (Å²) in [7, 11) is 1.60. The van der Waals surface area contributed by atoms with Gasteiger partial charge in [-0.25, -0.2) is 4.79 Å². The molecule has 2 N–H and O–H groups in total. The molecule has 0 spiro atoms. The number of carbonyl (C=O) groups excluding carboxylic acids is 1. The summed E-state index contributed by atoms with van der Waals surface area (Å²) >= 11 is 1.42. The van der Waals surface area contributed by atoms with Crippen molar-refractivity contribution in [3.8, 4) is 0 Å². The number of nitrogens with one attached hydrogen (secondary N) is 1. The second-order valence-electron chi connectivity index (χ2n) is 4.75. The predicted octanol–water partition coefficient (Wildman–Crippen LogP) is 0.981. The lowest BCUT2D eigenvalue weighted by Crippen LogP contribution is -2.49. The molecular formula is C11H21NO4S. The fraction of sp³-hybridized carbons (Fsp3) is 0.818. The molecule has 0 aliphatic carbocycles. The Morgan fingerprint density at radius 3 is 2.41 bits per heavy atom. The quantitative estimate of drug-likeness (QED) is 0.670. The average molecular weight is 263 g/mol. The van der Waals surface area contributed by atoms with Crippen LogP contribution in [0.2, 0.25) is 0 Å². The lowest BCUT2D eigenvalue weighted by atomic mass is 9.87. The number of carboxylic acids is 1. The Hall–Kier alpha value is -0.750. The molecule has 100 valence electrons. The molecule has 0 saturated carbocycles. The van der Waals surface area contributed by atoms with Crippen LogP contribution in [0.5, 0.6) is 0 Å². The van der Waals surface area contributed by atoms with Crippen LogP contribution in [0.25, 0.3) is 0 Å². The molecule has 0 rings (SSSR count). The van der Waals surface area contributed by atoms with Crippen LogP contribution in [0.1, 0.15) is 20.8 Å². The molecule has 0 saturated heterocycles. The van der Waals surface area contributed by atoms with Gasteiger partial charge in [0, 0.05) is 12.9 Å². The Labute approximate surface area is 106 Å². The number of thioether (sulfide) groups is 1. The van der Waals surface area contributed by atoms with Crippen molar-refractivity contribution in [2.75, 3.05) is 25.2 Å². The Bertz CT molecular complexity index is 263. The fourth-order valence-electron chi connectivity index (χ4n) is 1.16. The maximum absolute atomic E-state index is 11.5. The molecule has 1 unspecified atom stereocenters. The summed E-state index contributed by atoms with van der Waals surface area (Å²) in [6, 6.07) is -0.863. The summed E-state index contributed by atoms with van der Waals surface area (Å²) in [6.07, 6.45) is 0. The van der Waals surface area contributed by atoms with E-state index in [0.717, 1.165) is 5.75 Å². The summed E-state index contributed by atoms with van der Waals surface area (Å²) < 4.78 is 4.85. The summed E-state index contributed by atoms with van der Waals surface area (Å²) in [4.78, 5) is 22.5. The molecule has 6 heteroatoms. The average Bonchev–Trinajstić information content (AvgIpc) is 2.19. The molecule has 0 heterocycles. The zero-order valence-electron chi connectivity index (χ0n) is 10.8. The van der Waals surface area contributed by atoms with Gasteiger partial charge >= 0.3 is 5.97 Å². The van der Waals surface area contributed by atoms with Crippen LogP contribution in [0.4, 0.5) is 0 Å². The van der Waals surface area contributed by atoms with E-state index < -0.39 is 17.4 Å². The van der Waals surface area contributed by atoms with Gasteiger partial charge in [0.05, 0.1) is 12.4 Å². The van der Waals surface area contributed by atoms with Crippen LogP contribution in [-0.2, 0) is 14.3 Å². The highest BCUT2D eigenvalue weighted by Crippen LogP contribution is 2.19. The molecule has 1 atom stereocenters. The summed E-state index contributed by atoms with van der Waals surface area (Å²) in [5.41, 5.74) is -0.501. The summed E-state index contributed by atoms with van der Waals surface area (Å²) in [5.74, 6) is -0.290. The zero-order chi connectivity index (χ0) is 13.5. The molecule has 0 aliphatic rings. The third-order valence-electron chi connectivity index (χ3n) is 2.08. The Kier molecular flexibility index (Phi) is 7.22. The van der Waals surface area contributed by atoms with Crippen molar-refractivity contribution in [3.05, 3.63) is 0 Å². The van der Waals surface area contributed by atoms with Gasteiger partial charge in [-0.1, -0.05) is 20.8 Å². The predicted molar refractivity (Wildman–Crippen MR) is 68.2 cm³/mol. The SMILES string of the molecule is COCCSCC(=O)NC(C(=O)O)C(C)(C)C. The van der Waals surface area contributed by atoms with Crippen LogP contribution in [0.15, 0.2) is 0 Å². The first-order valence-electron chi connectivity index (χ1n) is 5.38. The third kappa shape index (κ3) is 7.23. The molecule has 0 aromatic rings. The number of ether oxygens (including phenoxy) is 1. The molecule has 17 heavy (non-hydrogen) atoms. The molecular weight excluding hydrogens is 242 g/mol. The van der Waals surface area contributed by atoms with E-state index in [0.29, 0.717) is 6.61 Å². The number of hydrogen-bond donors (Lipinski definition) is 2. The monoisotopic (exact) mass is 263 g/mol. The number of carboxylic acid groups (broad SMARTS) is 1. The Morgan fingerprint density at radius 1 is 1.41 bits per heavy atom. The van der Waals surface area contributed by atoms with Crippen LogP contribution in [-0.4, -0.2) is 48.2 Å². The summed E-state index contributed by atoms with van der Waals surface area (Å²) in [5, 5.41) is 11.6. The molecule has 5 nitrogen and oxygen atoms in total. The van der Waals surface area contributed by atoms with Crippen molar-refractivity contribution in [2.24, 2.45) is 5.41 Å². The molecule has 0 aliphatic heterocycles. The highest BCUT2D eigenvalue weighted by Gasteiger charge is 2.32. The van der Waals surface area contributed by atoms with Crippen molar-refractivity contribution >= 4 is 23.6 Å². The Morgan fingerprint density at radius 2 is 2.00 bits per heavy atom. The first-order valence-corrected chi connectivity index (χ1v) is 6.53. The second kappa shape index (κ2) is 7.55. The largest absolute Gasteiger partial charge is 0.480 e. The molecule has 0 fully saturated rings. The minimum Gasteiger partial charge on any atom is -0.480 e. The minimum absolute atomic E-state index is 0.253. The standard InChI is InChI=1S/C11H21NO4S/c1-11(2,3)9(10(14)15)12-8(13)7-17-6-5-16-4/h9H,5-7H2,1-4H3,(H,12,13)(H,14,15). The van der Waals surface area contributed by atoms with E-state index in [1.54, 1.807) is 27.9 Å². The first kappa shape index (κ1) is 16.2. The van der Waals surface area contributed by atoms with E-state index in [-0.39, 0.29) is 11.7 Å². The van der Waals surface area contributed by atoms with E-state index in [1.807, 2.05) is 0 Å². The van der Waals surface area contributed by atoms with Gasteiger partial charge in [0.1, 0.15) is 6.04 Å². The highest BCUT2D eigenvalue weighted by molar-refractivity contribution is 7.99. The number of aliphatic carboxylic acids is 1. The van der Waals surface area contributed by atoms with Crippen LogP contribution in [0.3, 0.4) is 0 Å². The molecule has 0 bridgehead atoms. The van der Waals surface area contributed by atoms with Crippen LogP contribution >= 0.6 is 11.8 Å². The number of amides is 1. The number of rotatable bonds is 7. The van der Waals surface area contributed by atoms with Gasteiger partial charge in [0.15, 0.2) is 0 Å². The third-order valence-corrected chi connectivity index (χ3v) is 3.00. The number of methoxy groups -OCH3 is 1. The van der Waals surface area contributed by atoms with Crippen LogP contribution < -0.4 is 5.32 Å². The zero-order valence-corrected chi connectivity index (χ0v) is 11.6. The molecule has 0 aromatic heterocycles. The second-order valence-corrected chi connectivity index (χ2v) is 5.86. The van der Waals surface area contributed by atoms with Gasteiger partial charge in [-0.3, -0.25) is 4.79 Å². The van der Waals surface area contributed by atoms with Gasteiger partial charge in [-0.2, -0.15) is 0 Å². The van der Waals surface area contributed by atoms with Gasteiger partial charge in [-0.15, -0.1) is 11.8 Å². The van der Waals surface area contributed by atoms with Gasteiger partial charge < -0.3 is 15.2 Å². The van der Waals surface area contributed by atoms with Crippen molar-refractivity contribution in [2.45, 2.75) is 26.8 Å². The van der Waals surface area contributed by atoms with E-state index in [9.17, 15) is 9.59 Å². The topological polar surface area (TPSA) is 75.6 Å². The lowest BCUT2D eigenvalue weighted by molar-refractivity contribution is -0.144. The van der Waals surface area contributed by atoms with Crippen LogP contribution in [0, 0.1) is 5.41 Å². The van der Waals surface area contributed by atoms with E-state index in [1.165, 1.54) is 11.8 Å². The minimum atomic E-state index is -1.01. The normalized spacial score (nSPS) is 13.2. The maximum atomic E-state index is 11.5. The van der Waals surface area contributed by atoms with Gasteiger partial charge in [0.2, 0.25) is 5.91 Å². The molecule has 1 amide bonds. The number of hydrogen-bond acceptors (Lipinski definition) is 4. The van der Waals surface area contributed by atoms with Crippen molar-refractivity contribution in [1.29, 1.82) is 0 Å². The van der Waals surface area contributed by atoms with E-state index in [2.05, 4.69) is 5.32 Å². The fourth-order valence-corrected chi connectivity index (χ4v) is 1.86. The first-order chi connectivity index (χ1) is 7.79. The van der Waals surface area contributed by atoms with Gasteiger partial charge in [0.25, 0.3) is 0 Å². The van der Waals surface area contributed by atoms with Crippen molar-refractivity contribution in [1.82, 2.24) is 5.32 Å². The number of carbonyl (C=O) groups is 2. The van der Waals surface area contributed by atoms with Crippen molar-refractivity contribution < 1.29 is 19.4 Å². The molecule has 0 aromatic carbocycles. The summed E-state index contributed by atoms with van der Waals surface area (Å²) in [6.45, 7) is 5.93. The lowest BCUT2D eigenvalue weighted by Gasteiger charge is -2.27. The van der Waals surface area contributed by atoms with Crippen molar-refractivity contribution in [3.63, 3.8) is 0 Å². The van der Waals surface area contributed by atoms with E-state index in [4.69, 9.17) is 9.84 Å². The Balaban J connectivity index is 4.11. The maximum Gasteiger partial charge on any atom is 0.326 e.